The molecule has 0 aromatic carbocycles. The van der Waals surface area contributed by atoms with Crippen molar-refractivity contribution < 1.29 is 33.7 Å². The van der Waals surface area contributed by atoms with Crippen LogP contribution in [0.4, 0.5) is 0 Å². The number of unbranched alkanes of at least 4 members (excludes halogenated alkanes) is 1. The molecule has 1 N–H and O–H groups in total. The molecule has 0 aliphatic heterocycles. The van der Waals surface area contributed by atoms with Gasteiger partial charge in [-0.1, -0.05) is 64.8 Å². The number of carbonyl (C=O) groups excluding carboxylic acids is 3. The minimum atomic E-state index is -0.826. The van der Waals surface area contributed by atoms with Gasteiger partial charge in [-0.05, 0) is 188 Å². The van der Waals surface area contributed by atoms with Gasteiger partial charge in [0, 0.05) is 17.3 Å². The molecule has 2 saturated carbocycles. The normalized spacial score (nSPS) is 25.6. The van der Waals surface area contributed by atoms with Gasteiger partial charge in [-0.2, -0.15) is 0 Å². The zero-order valence-corrected chi connectivity index (χ0v) is 39.3. The summed E-state index contributed by atoms with van der Waals surface area (Å²) in [6, 6.07) is 0. The van der Waals surface area contributed by atoms with E-state index in [1.54, 1.807) is 0 Å². The Kier molecular flexibility index (Phi) is 16.1. The lowest BCUT2D eigenvalue weighted by molar-refractivity contribution is -0.175. The molecule has 58 heavy (non-hydrogen) atoms. The molecule has 4 aliphatic carbocycles. The van der Waals surface area contributed by atoms with Crippen molar-refractivity contribution in [2.24, 2.45) is 58.2 Å². The van der Waals surface area contributed by atoms with Crippen LogP contribution in [0, 0.1) is 58.2 Å². The number of hydrogen-bond donors (Lipinski definition) is 1. The highest BCUT2D eigenvalue weighted by atomic mass is 16.6. The van der Waals surface area contributed by atoms with Crippen LogP contribution >= 0.6 is 0 Å². The van der Waals surface area contributed by atoms with Crippen molar-refractivity contribution in [1.29, 1.82) is 0 Å². The quantitative estimate of drug-likeness (QED) is 0.0448. The minimum Gasteiger partial charge on any atom is -0.460 e. The summed E-state index contributed by atoms with van der Waals surface area (Å²) in [5.41, 5.74) is -3.30. The van der Waals surface area contributed by atoms with Gasteiger partial charge in [-0.3, -0.25) is 14.4 Å². The van der Waals surface area contributed by atoms with Crippen molar-refractivity contribution in [3.63, 3.8) is 0 Å². The Morgan fingerprint density at radius 2 is 1.02 bits per heavy atom. The number of esters is 3. The molecule has 0 saturated heterocycles. The predicted octanol–water partition coefficient (Wildman–Crippen LogP) is 12.5. The standard InChI is InChI=1S/C51H86O7/c1-46(2,3)57-44(53)37(23-25-41-33-35-19-21-39(41)31-35)17-16-29-48(6,7)50(10,11)56-43(52)18-14-15-28-47(4,5)51(12,13)58-45(54)38(27-30-49(8,9)55)24-26-42-34-36-20-22-40(42)32-36/h19-22,35-42,55H,14-18,23-34H2,1-13H3. The summed E-state index contributed by atoms with van der Waals surface area (Å²) in [6.07, 6.45) is 24.6. The van der Waals surface area contributed by atoms with E-state index in [1.807, 2.05) is 62.3 Å². The average Bonchev–Trinajstić information content (AvgIpc) is 3.90. The van der Waals surface area contributed by atoms with Crippen LogP contribution in [-0.4, -0.2) is 45.4 Å². The van der Waals surface area contributed by atoms with Crippen molar-refractivity contribution in [1.82, 2.24) is 0 Å². The largest absolute Gasteiger partial charge is 0.460 e. The molecule has 2 fully saturated rings. The zero-order chi connectivity index (χ0) is 43.3. The number of ether oxygens (including phenoxy) is 3. The summed E-state index contributed by atoms with van der Waals surface area (Å²) in [4.78, 5) is 40.4. The van der Waals surface area contributed by atoms with Crippen LogP contribution in [0.3, 0.4) is 0 Å². The molecule has 0 aromatic rings. The fraction of sp³-hybridized carbons (Fsp3) is 0.863. The second kappa shape index (κ2) is 19.3. The van der Waals surface area contributed by atoms with Gasteiger partial charge in [0.1, 0.15) is 16.8 Å². The Labute approximate surface area is 354 Å². The molecule has 8 atom stereocenters. The van der Waals surface area contributed by atoms with Gasteiger partial charge in [-0.15, -0.1) is 0 Å². The van der Waals surface area contributed by atoms with Gasteiger partial charge in [0.15, 0.2) is 0 Å². The second-order valence-corrected chi connectivity index (χ2v) is 23.3. The second-order valence-electron chi connectivity index (χ2n) is 23.3. The maximum atomic E-state index is 13.8. The molecule has 0 amide bonds. The van der Waals surface area contributed by atoms with Crippen LogP contribution in [0.15, 0.2) is 24.3 Å². The van der Waals surface area contributed by atoms with Crippen LogP contribution in [0.25, 0.3) is 0 Å². The summed E-state index contributed by atoms with van der Waals surface area (Å²) in [5.74, 6) is 3.35. The molecule has 4 bridgehead atoms. The van der Waals surface area contributed by atoms with E-state index >= 15 is 0 Å². The van der Waals surface area contributed by atoms with Crippen LogP contribution in [0.1, 0.15) is 199 Å². The molecule has 0 radical (unpaired) electrons. The summed E-state index contributed by atoms with van der Waals surface area (Å²) in [6.45, 7) is 26.2. The summed E-state index contributed by atoms with van der Waals surface area (Å²) in [7, 11) is 0. The lowest BCUT2D eigenvalue weighted by Gasteiger charge is -2.42. The number of fused-ring (bicyclic) bond motifs is 4. The van der Waals surface area contributed by atoms with E-state index in [1.165, 1.54) is 25.7 Å². The van der Waals surface area contributed by atoms with Gasteiger partial charge in [0.25, 0.3) is 0 Å². The third-order valence-corrected chi connectivity index (χ3v) is 15.6. The van der Waals surface area contributed by atoms with Gasteiger partial charge in [0.05, 0.1) is 17.4 Å². The van der Waals surface area contributed by atoms with Crippen molar-refractivity contribution in [2.75, 3.05) is 0 Å². The van der Waals surface area contributed by atoms with E-state index in [0.717, 1.165) is 63.7 Å². The monoisotopic (exact) mass is 811 g/mol. The first-order valence-corrected chi connectivity index (χ1v) is 23.4. The fourth-order valence-corrected chi connectivity index (χ4v) is 10.1. The fourth-order valence-electron chi connectivity index (χ4n) is 10.1. The smallest absolute Gasteiger partial charge is 0.309 e. The Morgan fingerprint density at radius 1 is 0.552 bits per heavy atom. The van der Waals surface area contributed by atoms with Crippen LogP contribution in [-0.2, 0) is 28.6 Å². The SMILES string of the molecule is CC(C)(O)CCC(CCC1CC2C=CC1C2)C(=O)OC(C)(C)C(C)(C)CCCCC(=O)OC(C)(C)C(C)(C)CCCC(CCC1CC2C=CC1C2)C(=O)OC(C)(C)C. The molecule has 0 aromatic heterocycles. The maximum absolute atomic E-state index is 13.8. The summed E-state index contributed by atoms with van der Waals surface area (Å²) in [5, 5.41) is 10.5. The topological polar surface area (TPSA) is 99.1 Å². The first-order chi connectivity index (χ1) is 26.7. The van der Waals surface area contributed by atoms with Crippen molar-refractivity contribution in [3.8, 4) is 0 Å². The molecular weight excluding hydrogens is 725 g/mol. The van der Waals surface area contributed by atoms with E-state index in [2.05, 4.69) is 52.0 Å². The molecule has 0 spiro atoms. The van der Waals surface area contributed by atoms with E-state index < -0.39 is 22.4 Å². The van der Waals surface area contributed by atoms with Crippen LogP contribution in [0.2, 0.25) is 0 Å². The first-order valence-electron chi connectivity index (χ1n) is 23.4. The highest BCUT2D eigenvalue weighted by Crippen LogP contribution is 2.48. The Morgan fingerprint density at radius 3 is 1.47 bits per heavy atom. The Bertz CT molecular complexity index is 1430. The van der Waals surface area contributed by atoms with Crippen LogP contribution < -0.4 is 0 Å². The van der Waals surface area contributed by atoms with Crippen molar-refractivity contribution in [3.05, 3.63) is 24.3 Å². The number of allylic oxidation sites excluding steroid dienone is 4. The molecule has 8 unspecified atom stereocenters. The summed E-state index contributed by atoms with van der Waals surface area (Å²) < 4.78 is 18.4. The molecule has 7 nitrogen and oxygen atoms in total. The number of hydrogen-bond acceptors (Lipinski definition) is 7. The summed E-state index contributed by atoms with van der Waals surface area (Å²) >= 11 is 0. The Hall–Kier alpha value is -2.15. The van der Waals surface area contributed by atoms with Crippen molar-refractivity contribution in [2.45, 2.75) is 222 Å². The Balaban J connectivity index is 1.21. The highest BCUT2D eigenvalue weighted by molar-refractivity contribution is 5.73. The van der Waals surface area contributed by atoms with Gasteiger partial charge in [-0.25, -0.2) is 0 Å². The third-order valence-electron chi connectivity index (χ3n) is 15.6. The molecule has 4 rings (SSSR count). The van der Waals surface area contributed by atoms with E-state index in [-0.39, 0.29) is 40.6 Å². The lowest BCUT2D eigenvalue weighted by atomic mass is 9.72. The van der Waals surface area contributed by atoms with Gasteiger partial charge in [0.2, 0.25) is 0 Å². The van der Waals surface area contributed by atoms with Gasteiger partial charge < -0.3 is 19.3 Å². The molecule has 332 valence electrons. The molecular formula is C51H86O7. The van der Waals surface area contributed by atoms with E-state index in [0.29, 0.717) is 55.3 Å². The number of aliphatic hydroxyl groups is 1. The number of carbonyl (C=O) groups is 3. The van der Waals surface area contributed by atoms with Crippen molar-refractivity contribution >= 4 is 17.9 Å². The molecule has 4 aliphatic rings. The number of rotatable bonds is 24. The lowest BCUT2D eigenvalue weighted by Crippen LogP contribution is -2.44. The first kappa shape index (κ1) is 48.5. The predicted molar refractivity (Wildman–Crippen MR) is 235 cm³/mol. The van der Waals surface area contributed by atoms with E-state index in [4.69, 9.17) is 14.2 Å². The molecule has 7 heteroatoms. The average molecular weight is 811 g/mol. The highest BCUT2D eigenvalue weighted by Gasteiger charge is 2.44. The van der Waals surface area contributed by atoms with E-state index in [9.17, 15) is 19.5 Å². The third kappa shape index (κ3) is 13.9. The zero-order valence-electron chi connectivity index (χ0n) is 39.3. The molecule has 0 heterocycles. The van der Waals surface area contributed by atoms with Gasteiger partial charge >= 0.3 is 17.9 Å². The maximum Gasteiger partial charge on any atom is 0.309 e. The minimum absolute atomic E-state index is 0.0789. The van der Waals surface area contributed by atoms with Crippen LogP contribution in [0.5, 0.6) is 0 Å².